The molecule has 0 amide bonds. The maximum atomic E-state index is 7.56. The average molecular weight is 306 g/mol. The molecule has 0 atom stereocenters. The molecular formula is C12H28N5O4-. The van der Waals surface area contributed by atoms with Crippen molar-refractivity contribution in [2.45, 2.75) is 25.7 Å². The Morgan fingerprint density at radius 2 is 1.19 bits per heavy atom. The topological polar surface area (TPSA) is 100 Å². The van der Waals surface area contributed by atoms with Gasteiger partial charge in [0.25, 0.3) is 0 Å². The number of rotatable bonds is 0. The molecule has 0 spiro atoms. The van der Waals surface area contributed by atoms with E-state index in [0.29, 0.717) is 39.5 Å². The van der Waals surface area contributed by atoms with Gasteiger partial charge in [0.15, 0.2) is 0 Å². The molecular weight excluding hydrogens is 278 g/mol. The Labute approximate surface area is 126 Å². The minimum absolute atomic E-state index is 0.477. The molecule has 21 heavy (non-hydrogen) atoms. The van der Waals surface area contributed by atoms with Crippen LogP contribution in [0.2, 0.25) is 0 Å². The fourth-order valence-corrected chi connectivity index (χ4v) is 1.53. The predicted molar refractivity (Wildman–Crippen MR) is 77.3 cm³/mol. The van der Waals surface area contributed by atoms with E-state index in [1.54, 1.807) is 0 Å². The van der Waals surface area contributed by atoms with Crippen LogP contribution in [0.25, 0.3) is 5.84 Å². The van der Waals surface area contributed by atoms with E-state index in [4.69, 9.17) is 25.2 Å². The lowest BCUT2D eigenvalue weighted by molar-refractivity contribution is -0.128. The lowest BCUT2D eigenvalue weighted by atomic mass is 10.4. The van der Waals surface area contributed by atoms with E-state index in [9.17, 15) is 0 Å². The van der Waals surface area contributed by atoms with Crippen molar-refractivity contribution >= 4 is 0 Å². The second-order valence-corrected chi connectivity index (χ2v) is 4.58. The van der Waals surface area contributed by atoms with E-state index in [2.05, 4.69) is 16.4 Å². The number of hydrogen-bond acceptors (Lipinski definition) is 8. The van der Waals surface area contributed by atoms with Crippen LogP contribution in [0.3, 0.4) is 0 Å². The van der Waals surface area contributed by atoms with Crippen LogP contribution in [0.5, 0.6) is 0 Å². The van der Waals surface area contributed by atoms with Gasteiger partial charge in [-0.25, -0.2) is 16.4 Å². The highest BCUT2D eigenvalue weighted by atomic mass is 16.7. The number of nitrogens with one attached hydrogen (secondary N) is 4. The Balaban J connectivity index is 2.08. The zero-order chi connectivity index (χ0) is 15.0. The van der Waals surface area contributed by atoms with Gasteiger partial charge in [-0.05, 0) is 25.7 Å². The third-order valence-corrected chi connectivity index (χ3v) is 2.63. The van der Waals surface area contributed by atoms with Gasteiger partial charge in [0, 0.05) is 26.2 Å². The number of hydroxylamine groups is 4. The van der Waals surface area contributed by atoms with Crippen LogP contribution in [0, 0.1) is 0 Å². The molecule has 1 rings (SSSR count). The van der Waals surface area contributed by atoms with Crippen molar-refractivity contribution in [3.05, 3.63) is 5.84 Å². The lowest BCUT2D eigenvalue weighted by Gasteiger charge is -2.25. The van der Waals surface area contributed by atoms with Crippen molar-refractivity contribution in [2.24, 2.45) is 0 Å². The first-order valence-electron chi connectivity index (χ1n) is 7.55. The highest BCUT2D eigenvalue weighted by Crippen LogP contribution is 1.94. The van der Waals surface area contributed by atoms with Crippen molar-refractivity contribution in [2.75, 3.05) is 52.6 Å². The summed E-state index contributed by atoms with van der Waals surface area (Å²) < 4.78 is 0. The van der Waals surface area contributed by atoms with Crippen molar-refractivity contribution in [3.63, 3.8) is 0 Å². The summed E-state index contributed by atoms with van der Waals surface area (Å²) in [5, 5.41) is 1.10. The molecule has 1 saturated heterocycles. The highest BCUT2D eigenvalue weighted by molar-refractivity contribution is 4.47. The molecule has 1 heterocycles. The van der Waals surface area contributed by atoms with Gasteiger partial charge >= 0.3 is 0 Å². The molecule has 0 unspecified atom stereocenters. The Kier molecular flexibility index (Phi) is 13.0. The maximum absolute atomic E-state index is 7.56. The Hall–Kier alpha value is -0.360. The highest BCUT2D eigenvalue weighted by Gasteiger charge is 1.96. The quantitative estimate of drug-likeness (QED) is 0.588. The van der Waals surface area contributed by atoms with E-state index >= 15 is 0 Å². The van der Waals surface area contributed by atoms with Gasteiger partial charge in [0.05, 0.1) is 26.4 Å². The zero-order valence-corrected chi connectivity index (χ0v) is 12.6. The lowest BCUT2D eigenvalue weighted by Crippen LogP contribution is -2.26. The van der Waals surface area contributed by atoms with E-state index in [1.807, 2.05) is 0 Å². The van der Waals surface area contributed by atoms with Crippen LogP contribution >= 0.6 is 0 Å². The molecule has 1 fully saturated rings. The minimum atomic E-state index is 0.477. The molecule has 0 aromatic heterocycles. The summed E-state index contributed by atoms with van der Waals surface area (Å²) in [5.41, 5.74) is 8.63. The van der Waals surface area contributed by atoms with Gasteiger partial charge in [-0.2, -0.15) is 0 Å². The molecule has 0 aromatic carbocycles. The third-order valence-electron chi connectivity index (χ3n) is 2.63. The van der Waals surface area contributed by atoms with Gasteiger partial charge < -0.3 is 25.2 Å². The SMILES string of the molecule is [NH-]N1CCCNOCCCONCCCNOCCCO1. The summed E-state index contributed by atoms with van der Waals surface area (Å²) in [6, 6.07) is 0. The first-order valence-corrected chi connectivity index (χ1v) is 7.55. The smallest absolute Gasteiger partial charge is 0.0704 e. The van der Waals surface area contributed by atoms with Crippen LogP contribution in [-0.2, 0) is 19.4 Å². The first kappa shape index (κ1) is 18.7. The second kappa shape index (κ2) is 14.6. The standard InChI is InChI=1S/C12H28N5O4/c13-17-8-2-7-16-19-10-3-9-18-14-5-1-6-15-20-11-4-12-21-17/h13-16H,1-12H2/q-1. The van der Waals surface area contributed by atoms with Gasteiger partial charge in [0.2, 0.25) is 0 Å². The molecule has 9 nitrogen and oxygen atoms in total. The Morgan fingerprint density at radius 3 is 1.81 bits per heavy atom. The molecule has 4 N–H and O–H groups in total. The van der Waals surface area contributed by atoms with Crippen molar-refractivity contribution in [1.29, 1.82) is 0 Å². The Morgan fingerprint density at radius 1 is 0.667 bits per heavy atom. The normalized spacial score (nSPS) is 24.4. The fraction of sp³-hybridized carbons (Fsp3) is 1.00. The second-order valence-electron chi connectivity index (χ2n) is 4.58. The molecule has 9 heteroatoms. The van der Waals surface area contributed by atoms with Crippen LogP contribution in [0.4, 0.5) is 0 Å². The molecule has 1 aliphatic heterocycles. The van der Waals surface area contributed by atoms with E-state index in [1.165, 1.54) is 0 Å². The predicted octanol–water partition coefficient (Wildman–Crippen LogP) is 0.325. The number of nitrogens with zero attached hydrogens (tertiary/aromatic N) is 1. The van der Waals surface area contributed by atoms with E-state index in [-0.39, 0.29) is 0 Å². The Bertz CT molecular complexity index is 206. The first-order chi connectivity index (χ1) is 10.4. The van der Waals surface area contributed by atoms with Crippen molar-refractivity contribution < 1.29 is 19.4 Å². The third kappa shape index (κ3) is 13.1. The molecule has 0 aromatic rings. The summed E-state index contributed by atoms with van der Waals surface area (Å²) in [4.78, 5) is 21.0. The van der Waals surface area contributed by atoms with Crippen LogP contribution in [0.15, 0.2) is 0 Å². The summed E-state index contributed by atoms with van der Waals surface area (Å²) in [6.45, 7) is 4.99. The molecule has 1 aliphatic rings. The van der Waals surface area contributed by atoms with Gasteiger partial charge in [-0.3, -0.25) is 5.17 Å². The monoisotopic (exact) mass is 306 g/mol. The van der Waals surface area contributed by atoms with Crippen LogP contribution < -0.4 is 16.4 Å². The molecule has 0 bridgehead atoms. The van der Waals surface area contributed by atoms with Crippen LogP contribution in [0.1, 0.15) is 25.7 Å². The van der Waals surface area contributed by atoms with Gasteiger partial charge in [-0.1, -0.05) is 0 Å². The van der Waals surface area contributed by atoms with Crippen molar-refractivity contribution in [3.8, 4) is 0 Å². The summed E-state index contributed by atoms with van der Waals surface area (Å²) in [6.07, 6.45) is 3.24. The average Bonchev–Trinajstić information content (AvgIpc) is 2.48. The van der Waals surface area contributed by atoms with Gasteiger partial charge in [0.1, 0.15) is 0 Å². The molecule has 0 radical (unpaired) electrons. The molecule has 0 aliphatic carbocycles. The summed E-state index contributed by atoms with van der Waals surface area (Å²) in [5.74, 6) is 7.56. The zero-order valence-electron chi connectivity index (χ0n) is 12.6. The fourth-order valence-electron chi connectivity index (χ4n) is 1.53. The largest absolute Gasteiger partial charge is 0.584 e. The van der Waals surface area contributed by atoms with Crippen LogP contribution in [-0.4, -0.2) is 57.8 Å². The maximum Gasteiger partial charge on any atom is 0.0704 e. The molecule has 0 saturated carbocycles. The van der Waals surface area contributed by atoms with E-state index in [0.717, 1.165) is 43.9 Å². The molecule has 126 valence electrons. The van der Waals surface area contributed by atoms with Gasteiger partial charge in [-0.15, -0.1) is 0 Å². The number of hydrogen-bond donors (Lipinski definition) is 3. The van der Waals surface area contributed by atoms with E-state index < -0.39 is 0 Å². The summed E-state index contributed by atoms with van der Waals surface area (Å²) >= 11 is 0. The summed E-state index contributed by atoms with van der Waals surface area (Å²) in [7, 11) is 0. The van der Waals surface area contributed by atoms with Crippen molar-refractivity contribution in [1.82, 2.24) is 21.6 Å². The minimum Gasteiger partial charge on any atom is -0.584 e.